The van der Waals surface area contributed by atoms with Gasteiger partial charge in [0.2, 0.25) is 0 Å². The van der Waals surface area contributed by atoms with Gasteiger partial charge in [0.25, 0.3) is 0 Å². The summed E-state index contributed by atoms with van der Waals surface area (Å²) in [5, 5.41) is 0. The van der Waals surface area contributed by atoms with Gasteiger partial charge in [0.1, 0.15) is 11.5 Å². The van der Waals surface area contributed by atoms with E-state index in [2.05, 4.69) is 18.0 Å². The Morgan fingerprint density at radius 3 is 3.06 bits per heavy atom. The number of likely N-dealkylation sites (tertiary alicyclic amines) is 1. The van der Waals surface area contributed by atoms with Gasteiger partial charge in [-0.15, -0.1) is 0 Å². The molecule has 2 atom stereocenters. The van der Waals surface area contributed by atoms with Crippen molar-refractivity contribution in [1.29, 1.82) is 0 Å². The number of fused-ring (bicyclic) bond motifs is 1. The van der Waals surface area contributed by atoms with E-state index in [1.165, 1.54) is 31.4 Å². The fourth-order valence-corrected chi connectivity index (χ4v) is 3.30. The quantitative estimate of drug-likeness (QED) is 0.819. The van der Waals surface area contributed by atoms with Crippen LogP contribution in [0.4, 0.5) is 0 Å². The lowest BCUT2D eigenvalue weighted by molar-refractivity contribution is 0.256. The van der Waals surface area contributed by atoms with Gasteiger partial charge in [-0.2, -0.15) is 0 Å². The Kier molecular flexibility index (Phi) is 3.16. The highest BCUT2D eigenvalue weighted by Crippen LogP contribution is 2.43. The molecular weight excluding hydrogens is 226 g/mol. The van der Waals surface area contributed by atoms with E-state index in [1.807, 2.05) is 12.1 Å². The van der Waals surface area contributed by atoms with Crippen molar-refractivity contribution in [2.45, 2.75) is 31.2 Å². The standard InChI is InChI=1S/C15H21NO2/c1-16-8-4-5-12(16)9-11-10-18-14-7-3-6-13(17-2)15(11)14/h3,6-7,11-12H,4-5,8-10H2,1-2H3/t11-,12+/m0/s1. The van der Waals surface area contributed by atoms with Gasteiger partial charge in [0, 0.05) is 17.5 Å². The molecule has 0 saturated carbocycles. The van der Waals surface area contributed by atoms with Gasteiger partial charge in [0.05, 0.1) is 13.7 Å². The van der Waals surface area contributed by atoms with Gasteiger partial charge in [0.15, 0.2) is 0 Å². The molecule has 1 saturated heterocycles. The molecular formula is C15H21NO2. The molecule has 18 heavy (non-hydrogen) atoms. The first-order valence-electron chi connectivity index (χ1n) is 6.79. The molecule has 1 aromatic rings. The van der Waals surface area contributed by atoms with Crippen molar-refractivity contribution in [3.63, 3.8) is 0 Å². The zero-order valence-corrected chi connectivity index (χ0v) is 11.2. The van der Waals surface area contributed by atoms with E-state index in [9.17, 15) is 0 Å². The summed E-state index contributed by atoms with van der Waals surface area (Å²) in [5.74, 6) is 2.48. The van der Waals surface area contributed by atoms with E-state index in [0.29, 0.717) is 12.0 Å². The van der Waals surface area contributed by atoms with Crippen molar-refractivity contribution in [3.8, 4) is 11.5 Å². The van der Waals surface area contributed by atoms with Crippen LogP contribution in [0.1, 0.15) is 30.7 Å². The molecule has 3 nitrogen and oxygen atoms in total. The second-order valence-corrected chi connectivity index (χ2v) is 5.39. The van der Waals surface area contributed by atoms with Crippen LogP contribution >= 0.6 is 0 Å². The van der Waals surface area contributed by atoms with Crippen LogP contribution in [0.25, 0.3) is 0 Å². The van der Waals surface area contributed by atoms with E-state index in [-0.39, 0.29) is 0 Å². The molecule has 1 aromatic carbocycles. The Bertz CT molecular complexity index is 433. The minimum absolute atomic E-state index is 0.488. The fraction of sp³-hybridized carbons (Fsp3) is 0.600. The van der Waals surface area contributed by atoms with Crippen LogP contribution in [0.15, 0.2) is 18.2 Å². The predicted octanol–water partition coefficient (Wildman–Crippen LogP) is 2.66. The van der Waals surface area contributed by atoms with Crippen LogP contribution in [0.2, 0.25) is 0 Å². The molecule has 2 aliphatic heterocycles. The van der Waals surface area contributed by atoms with E-state index in [1.54, 1.807) is 7.11 Å². The Hall–Kier alpha value is -1.22. The third-order valence-corrected chi connectivity index (χ3v) is 4.32. The lowest BCUT2D eigenvalue weighted by Gasteiger charge is -2.22. The average molecular weight is 247 g/mol. The molecule has 2 aliphatic rings. The van der Waals surface area contributed by atoms with Crippen LogP contribution in [-0.4, -0.2) is 38.3 Å². The first-order chi connectivity index (χ1) is 8.79. The van der Waals surface area contributed by atoms with Crippen molar-refractivity contribution in [1.82, 2.24) is 4.90 Å². The molecule has 0 spiro atoms. The second kappa shape index (κ2) is 4.81. The summed E-state index contributed by atoms with van der Waals surface area (Å²) in [6.07, 6.45) is 3.83. The maximum Gasteiger partial charge on any atom is 0.126 e. The number of benzene rings is 1. The van der Waals surface area contributed by atoms with Crippen molar-refractivity contribution < 1.29 is 9.47 Å². The highest BCUT2D eigenvalue weighted by molar-refractivity contribution is 5.49. The van der Waals surface area contributed by atoms with E-state index < -0.39 is 0 Å². The van der Waals surface area contributed by atoms with Crippen LogP contribution in [0.5, 0.6) is 11.5 Å². The molecule has 0 bridgehead atoms. The SMILES string of the molecule is COc1cccc2c1[C@@H](C[C@H]1CCCN1C)CO2. The van der Waals surface area contributed by atoms with Crippen molar-refractivity contribution in [3.05, 3.63) is 23.8 Å². The molecule has 0 unspecified atom stereocenters. The minimum Gasteiger partial charge on any atom is -0.496 e. The molecule has 3 rings (SSSR count). The molecule has 0 radical (unpaired) electrons. The summed E-state index contributed by atoms with van der Waals surface area (Å²) in [6, 6.07) is 6.80. The molecule has 0 N–H and O–H groups in total. The molecule has 0 amide bonds. The van der Waals surface area contributed by atoms with Crippen LogP contribution in [0.3, 0.4) is 0 Å². The highest BCUT2D eigenvalue weighted by Gasteiger charge is 2.32. The second-order valence-electron chi connectivity index (χ2n) is 5.39. The summed E-state index contributed by atoms with van der Waals surface area (Å²) in [5.41, 5.74) is 1.28. The van der Waals surface area contributed by atoms with Crippen molar-refractivity contribution in [2.75, 3.05) is 27.3 Å². The number of methoxy groups -OCH3 is 1. The van der Waals surface area contributed by atoms with Crippen LogP contribution in [0, 0.1) is 0 Å². The number of nitrogens with zero attached hydrogens (tertiary/aromatic N) is 1. The van der Waals surface area contributed by atoms with Gasteiger partial charge in [-0.25, -0.2) is 0 Å². The summed E-state index contributed by atoms with van der Waals surface area (Å²) >= 11 is 0. The maximum atomic E-state index is 5.80. The Labute approximate surface area is 109 Å². The lowest BCUT2D eigenvalue weighted by Crippen LogP contribution is -2.27. The number of hydrogen-bond acceptors (Lipinski definition) is 3. The summed E-state index contributed by atoms with van der Waals surface area (Å²) in [7, 11) is 3.98. The van der Waals surface area contributed by atoms with Crippen LogP contribution < -0.4 is 9.47 Å². The Balaban J connectivity index is 1.81. The molecule has 2 heterocycles. The maximum absolute atomic E-state index is 5.80. The van der Waals surface area contributed by atoms with Gasteiger partial charge < -0.3 is 14.4 Å². The zero-order valence-electron chi connectivity index (χ0n) is 11.2. The van der Waals surface area contributed by atoms with Gasteiger partial charge >= 0.3 is 0 Å². The summed E-state index contributed by atoms with van der Waals surface area (Å²) in [4.78, 5) is 2.48. The highest BCUT2D eigenvalue weighted by atomic mass is 16.5. The first-order valence-corrected chi connectivity index (χ1v) is 6.79. The summed E-state index contributed by atoms with van der Waals surface area (Å²) in [6.45, 7) is 2.04. The van der Waals surface area contributed by atoms with Crippen molar-refractivity contribution >= 4 is 0 Å². The molecule has 3 heteroatoms. The lowest BCUT2D eigenvalue weighted by atomic mass is 9.92. The largest absolute Gasteiger partial charge is 0.496 e. The van der Waals surface area contributed by atoms with E-state index in [0.717, 1.165) is 18.1 Å². The average Bonchev–Trinajstić information content (AvgIpc) is 2.97. The predicted molar refractivity (Wildman–Crippen MR) is 71.5 cm³/mol. The third-order valence-electron chi connectivity index (χ3n) is 4.32. The smallest absolute Gasteiger partial charge is 0.126 e. The monoisotopic (exact) mass is 247 g/mol. The number of ether oxygens (including phenoxy) is 2. The normalized spacial score (nSPS) is 27.0. The molecule has 0 aromatic heterocycles. The topological polar surface area (TPSA) is 21.7 Å². The Morgan fingerprint density at radius 1 is 1.44 bits per heavy atom. The summed E-state index contributed by atoms with van der Waals surface area (Å²) < 4.78 is 11.3. The minimum atomic E-state index is 0.488. The fourth-order valence-electron chi connectivity index (χ4n) is 3.30. The number of rotatable bonds is 3. The molecule has 1 fully saturated rings. The first kappa shape index (κ1) is 11.8. The van der Waals surface area contributed by atoms with Crippen LogP contribution in [-0.2, 0) is 0 Å². The zero-order chi connectivity index (χ0) is 12.5. The third kappa shape index (κ3) is 1.97. The Morgan fingerprint density at radius 2 is 2.33 bits per heavy atom. The van der Waals surface area contributed by atoms with Crippen molar-refractivity contribution in [2.24, 2.45) is 0 Å². The molecule has 0 aliphatic carbocycles. The van der Waals surface area contributed by atoms with E-state index in [4.69, 9.17) is 9.47 Å². The number of hydrogen-bond donors (Lipinski definition) is 0. The van der Waals surface area contributed by atoms with E-state index >= 15 is 0 Å². The van der Waals surface area contributed by atoms with Gasteiger partial charge in [-0.05, 0) is 45.0 Å². The van der Waals surface area contributed by atoms with Gasteiger partial charge in [-0.3, -0.25) is 0 Å². The van der Waals surface area contributed by atoms with Gasteiger partial charge in [-0.1, -0.05) is 6.07 Å². The molecule has 98 valence electrons.